The zero-order valence-corrected chi connectivity index (χ0v) is 16.3. The van der Waals surface area contributed by atoms with Gasteiger partial charge >= 0.3 is 0 Å². The maximum atomic E-state index is 11.1. The molecule has 0 aliphatic heterocycles. The number of nitrogens with two attached hydrogens (primary N) is 1. The van der Waals surface area contributed by atoms with E-state index in [-0.39, 0.29) is 6.04 Å². The number of nitrogens with zero attached hydrogens (tertiary/aromatic N) is 3. The molecule has 150 valence electrons. The van der Waals surface area contributed by atoms with Crippen molar-refractivity contribution >= 4 is 5.91 Å². The van der Waals surface area contributed by atoms with Crippen LogP contribution >= 0.6 is 0 Å². The summed E-state index contributed by atoms with van der Waals surface area (Å²) in [7, 11) is 0. The fraction of sp³-hybridized carbons (Fsp3) is 0.304. The number of benzene rings is 2. The first-order valence-electron chi connectivity index (χ1n) is 10.0. The van der Waals surface area contributed by atoms with Crippen molar-refractivity contribution in [1.29, 1.82) is 0 Å². The topological polar surface area (TPSA) is 84.4 Å². The Morgan fingerprint density at radius 2 is 1.90 bits per heavy atom. The molecule has 1 heterocycles. The third kappa shape index (κ3) is 4.91. The van der Waals surface area contributed by atoms with Crippen molar-refractivity contribution < 1.29 is 10.0 Å². The molecule has 6 nitrogen and oxygen atoms in total. The predicted molar refractivity (Wildman–Crippen MR) is 110 cm³/mol. The second-order valence-electron chi connectivity index (χ2n) is 7.69. The summed E-state index contributed by atoms with van der Waals surface area (Å²) < 4.78 is 1.92. The first kappa shape index (κ1) is 19.4. The van der Waals surface area contributed by atoms with Gasteiger partial charge in [0.25, 0.3) is 0 Å². The summed E-state index contributed by atoms with van der Waals surface area (Å²) in [4.78, 5) is 11.1. The van der Waals surface area contributed by atoms with Crippen molar-refractivity contribution in [2.45, 2.75) is 44.3 Å². The monoisotopic (exact) mass is 390 g/mol. The van der Waals surface area contributed by atoms with E-state index in [1.807, 2.05) is 47.4 Å². The molecule has 2 aromatic carbocycles. The van der Waals surface area contributed by atoms with Crippen LogP contribution in [0.15, 0.2) is 67.0 Å². The molecular weight excluding hydrogens is 364 g/mol. The molecule has 1 saturated carbocycles. The summed E-state index contributed by atoms with van der Waals surface area (Å²) >= 11 is 0. The van der Waals surface area contributed by atoms with E-state index >= 15 is 0 Å². The molecule has 1 fully saturated rings. The average molecular weight is 390 g/mol. The maximum Gasteiger partial charge on any atom is 0.248 e. The van der Waals surface area contributed by atoms with Crippen molar-refractivity contribution in [3.05, 3.63) is 89.2 Å². The standard InChI is InChI=1S/C23H26N4O2/c24-23(28)20-10-8-17(9-11-20)5-4-12-26-15-18(14-25-26)16-27(29)22-13-21(22)19-6-2-1-3-7-19/h1-3,6-11,14-15,21-22,29H,4-5,12-13,16H2,(H2,24,28). The van der Waals surface area contributed by atoms with Gasteiger partial charge in [-0.1, -0.05) is 42.5 Å². The Hall–Kier alpha value is -2.96. The summed E-state index contributed by atoms with van der Waals surface area (Å²) in [5.74, 6) is 0.0111. The third-order valence-corrected chi connectivity index (χ3v) is 5.49. The highest BCUT2D eigenvalue weighted by atomic mass is 16.5. The summed E-state index contributed by atoms with van der Waals surface area (Å²) in [6.45, 7) is 1.29. The lowest BCUT2D eigenvalue weighted by Gasteiger charge is -2.13. The Balaban J connectivity index is 1.23. The minimum absolute atomic E-state index is 0.184. The van der Waals surface area contributed by atoms with Crippen LogP contribution in [0.25, 0.3) is 0 Å². The number of primary amides is 1. The first-order valence-corrected chi connectivity index (χ1v) is 10.0. The SMILES string of the molecule is NC(=O)c1ccc(CCCn2cc(CN(O)C3CC3c3ccccc3)cn2)cc1. The molecule has 3 aromatic rings. The van der Waals surface area contributed by atoms with Gasteiger partial charge in [-0.25, -0.2) is 0 Å². The van der Waals surface area contributed by atoms with Crippen LogP contribution in [-0.4, -0.2) is 32.0 Å². The number of hydrogen-bond donors (Lipinski definition) is 2. The summed E-state index contributed by atoms with van der Waals surface area (Å²) in [6, 6.07) is 17.9. The van der Waals surface area contributed by atoms with Gasteiger partial charge in [-0.2, -0.15) is 10.2 Å². The van der Waals surface area contributed by atoms with Crippen molar-refractivity contribution in [3.63, 3.8) is 0 Å². The average Bonchev–Trinajstić information content (AvgIpc) is 3.43. The van der Waals surface area contributed by atoms with Crippen molar-refractivity contribution in [2.75, 3.05) is 0 Å². The summed E-state index contributed by atoms with van der Waals surface area (Å²) in [5.41, 5.74) is 9.27. The van der Waals surface area contributed by atoms with E-state index in [9.17, 15) is 10.0 Å². The molecule has 3 N–H and O–H groups in total. The molecule has 1 aromatic heterocycles. The van der Waals surface area contributed by atoms with Gasteiger partial charge in [-0.3, -0.25) is 9.48 Å². The summed E-state index contributed by atoms with van der Waals surface area (Å²) in [5, 5.41) is 16.3. The van der Waals surface area contributed by atoms with E-state index in [2.05, 4.69) is 17.2 Å². The van der Waals surface area contributed by atoms with E-state index in [1.165, 1.54) is 16.2 Å². The summed E-state index contributed by atoms with van der Waals surface area (Å²) in [6.07, 6.45) is 6.66. The van der Waals surface area contributed by atoms with Crippen LogP contribution in [0.1, 0.15) is 45.8 Å². The lowest BCUT2D eigenvalue weighted by Crippen LogP contribution is -2.22. The Kier molecular flexibility index (Phi) is 5.74. The van der Waals surface area contributed by atoms with E-state index < -0.39 is 5.91 Å². The smallest absolute Gasteiger partial charge is 0.248 e. The van der Waals surface area contributed by atoms with Crippen LogP contribution in [0.5, 0.6) is 0 Å². The molecule has 29 heavy (non-hydrogen) atoms. The van der Waals surface area contributed by atoms with Gasteiger partial charge in [0.2, 0.25) is 5.91 Å². The Bertz CT molecular complexity index is 953. The van der Waals surface area contributed by atoms with E-state index in [0.717, 1.165) is 31.4 Å². The van der Waals surface area contributed by atoms with E-state index in [1.54, 1.807) is 12.1 Å². The molecule has 0 saturated heterocycles. The number of carbonyl (C=O) groups excluding carboxylic acids is 1. The fourth-order valence-electron chi connectivity index (χ4n) is 3.76. The molecule has 0 spiro atoms. The van der Waals surface area contributed by atoms with Crippen molar-refractivity contribution in [3.8, 4) is 0 Å². The second kappa shape index (κ2) is 8.59. The van der Waals surface area contributed by atoms with Gasteiger partial charge in [-0.15, -0.1) is 0 Å². The largest absolute Gasteiger partial charge is 0.366 e. The molecule has 0 radical (unpaired) electrons. The predicted octanol–water partition coefficient (Wildman–Crippen LogP) is 3.36. The Labute approximate surface area is 170 Å². The quantitative estimate of drug-likeness (QED) is 0.549. The molecule has 2 unspecified atom stereocenters. The highest BCUT2D eigenvalue weighted by molar-refractivity contribution is 5.92. The van der Waals surface area contributed by atoms with Gasteiger partial charge in [-0.05, 0) is 42.5 Å². The zero-order chi connectivity index (χ0) is 20.2. The van der Waals surface area contributed by atoms with Gasteiger partial charge in [0.1, 0.15) is 0 Å². The Morgan fingerprint density at radius 1 is 1.14 bits per heavy atom. The van der Waals surface area contributed by atoms with Gasteiger partial charge in [0.15, 0.2) is 0 Å². The highest BCUT2D eigenvalue weighted by Gasteiger charge is 2.42. The third-order valence-electron chi connectivity index (χ3n) is 5.49. The number of rotatable bonds is 9. The minimum Gasteiger partial charge on any atom is -0.366 e. The minimum atomic E-state index is -0.403. The molecule has 0 bridgehead atoms. The van der Waals surface area contributed by atoms with Gasteiger partial charge < -0.3 is 10.9 Å². The van der Waals surface area contributed by atoms with Crippen LogP contribution < -0.4 is 5.73 Å². The van der Waals surface area contributed by atoms with Gasteiger partial charge in [0.05, 0.1) is 12.7 Å². The van der Waals surface area contributed by atoms with Crippen LogP contribution in [-0.2, 0) is 19.5 Å². The van der Waals surface area contributed by atoms with Crippen molar-refractivity contribution in [1.82, 2.24) is 14.8 Å². The van der Waals surface area contributed by atoms with E-state index in [0.29, 0.717) is 18.0 Å². The van der Waals surface area contributed by atoms with Crippen LogP contribution in [0.2, 0.25) is 0 Å². The highest BCUT2D eigenvalue weighted by Crippen LogP contribution is 2.44. The number of aryl methyl sites for hydroxylation is 2. The van der Waals surface area contributed by atoms with Crippen LogP contribution in [0, 0.1) is 0 Å². The van der Waals surface area contributed by atoms with Crippen molar-refractivity contribution in [2.24, 2.45) is 5.73 Å². The second-order valence-corrected chi connectivity index (χ2v) is 7.69. The molecule has 1 aliphatic rings. The molecule has 4 rings (SSSR count). The molecule has 1 aliphatic carbocycles. The number of hydroxylamine groups is 2. The normalized spacial score (nSPS) is 18.1. The number of carbonyl (C=O) groups is 1. The maximum absolute atomic E-state index is 11.1. The number of aromatic nitrogens is 2. The molecular formula is C23H26N4O2. The van der Waals surface area contributed by atoms with E-state index in [4.69, 9.17) is 5.73 Å². The van der Waals surface area contributed by atoms with Crippen LogP contribution in [0.3, 0.4) is 0 Å². The molecule has 6 heteroatoms. The zero-order valence-electron chi connectivity index (χ0n) is 16.3. The van der Waals surface area contributed by atoms with Gasteiger partial charge in [0, 0.05) is 35.8 Å². The number of amides is 1. The first-order chi connectivity index (χ1) is 14.1. The molecule has 2 atom stereocenters. The van der Waals surface area contributed by atoms with Crippen LogP contribution in [0.4, 0.5) is 0 Å². The lowest BCUT2D eigenvalue weighted by atomic mass is 10.1. The molecule has 1 amide bonds. The lowest BCUT2D eigenvalue weighted by molar-refractivity contribution is -0.109. The number of hydrogen-bond acceptors (Lipinski definition) is 4. The fourth-order valence-corrected chi connectivity index (χ4v) is 3.76. The Morgan fingerprint density at radius 3 is 2.62 bits per heavy atom.